The summed E-state index contributed by atoms with van der Waals surface area (Å²) in [6.45, 7) is 1.88. The van der Waals surface area contributed by atoms with Crippen LogP contribution in [-0.2, 0) is 6.54 Å². The lowest BCUT2D eigenvalue weighted by Crippen LogP contribution is -2.28. The molecule has 2 atom stereocenters. The summed E-state index contributed by atoms with van der Waals surface area (Å²) in [7, 11) is 0. The van der Waals surface area contributed by atoms with Gasteiger partial charge in [0.2, 0.25) is 0 Å². The maximum absolute atomic E-state index is 9.56. The molecule has 88 valence electrons. The van der Waals surface area contributed by atoms with Crippen molar-refractivity contribution >= 4 is 0 Å². The van der Waals surface area contributed by atoms with E-state index in [1.54, 1.807) is 6.20 Å². The minimum Gasteiger partial charge on any atom is -0.393 e. The highest BCUT2D eigenvalue weighted by Gasteiger charge is 2.19. The van der Waals surface area contributed by atoms with Gasteiger partial charge >= 0.3 is 0 Å². The standard InChI is InChI=1S/C13H20N2O/c16-13-5-1-3-11(7-13)8-15-10-12-4-2-6-14-9-12/h2,4,6,9,11,13,15-16H,1,3,5,7-8,10H2. The van der Waals surface area contributed by atoms with Crippen molar-refractivity contribution in [2.45, 2.75) is 38.3 Å². The van der Waals surface area contributed by atoms with Crippen molar-refractivity contribution < 1.29 is 5.11 Å². The van der Waals surface area contributed by atoms with Crippen molar-refractivity contribution in [1.82, 2.24) is 10.3 Å². The van der Waals surface area contributed by atoms with Gasteiger partial charge < -0.3 is 10.4 Å². The Morgan fingerprint density at radius 2 is 2.38 bits per heavy atom. The van der Waals surface area contributed by atoms with Gasteiger partial charge in [-0.3, -0.25) is 4.98 Å². The SMILES string of the molecule is OC1CCCC(CNCc2cccnc2)C1. The van der Waals surface area contributed by atoms with Crippen LogP contribution in [0.2, 0.25) is 0 Å². The first-order valence-corrected chi connectivity index (χ1v) is 6.12. The van der Waals surface area contributed by atoms with Gasteiger partial charge in [-0.1, -0.05) is 12.5 Å². The second kappa shape index (κ2) is 5.97. The van der Waals surface area contributed by atoms with Crippen LogP contribution in [0, 0.1) is 5.92 Å². The Kier molecular flexibility index (Phi) is 4.31. The zero-order valence-electron chi connectivity index (χ0n) is 9.60. The van der Waals surface area contributed by atoms with Crippen LogP contribution < -0.4 is 5.32 Å². The second-order valence-corrected chi connectivity index (χ2v) is 4.68. The lowest BCUT2D eigenvalue weighted by Gasteiger charge is -2.25. The Morgan fingerprint density at radius 3 is 3.12 bits per heavy atom. The molecule has 2 rings (SSSR count). The normalized spacial score (nSPS) is 25.6. The zero-order valence-corrected chi connectivity index (χ0v) is 9.60. The summed E-state index contributed by atoms with van der Waals surface area (Å²) in [4.78, 5) is 4.08. The van der Waals surface area contributed by atoms with Crippen molar-refractivity contribution in [2.24, 2.45) is 5.92 Å². The highest BCUT2D eigenvalue weighted by atomic mass is 16.3. The van der Waals surface area contributed by atoms with Crippen LogP contribution in [0.25, 0.3) is 0 Å². The molecular formula is C13H20N2O. The molecule has 1 fully saturated rings. The van der Waals surface area contributed by atoms with Crippen LogP contribution >= 0.6 is 0 Å². The predicted octanol–water partition coefficient (Wildman–Crippen LogP) is 1.72. The van der Waals surface area contributed by atoms with E-state index in [1.807, 2.05) is 12.3 Å². The number of rotatable bonds is 4. The van der Waals surface area contributed by atoms with Crippen molar-refractivity contribution in [3.63, 3.8) is 0 Å². The molecule has 2 N–H and O–H groups in total. The van der Waals surface area contributed by atoms with E-state index >= 15 is 0 Å². The summed E-state index contributed by atoms with van der Waals surface area (Å²) in [5, 5.41) is 13.0. The Hall–Kier alpha value is -0.930. The van der Waals surface area contributed by atoms with Gasteiger partial charge in [-0.15, -0.1) is 0 Å². The molecule has 3 nitrogen and oxygen atoms in total. The van der Waals surface area contributed by atoms with Gasteiger partial charge in [0.25, 0.3) is 0 Å². The first kappa shape index (κ1) is 11.6. The average molecular weight is 220 g/mol. The summed E-state index contributed by atoms with van der Waals surface area (Å²) in [6.07, 6.45) is 7.97. The fourth-order valence-electron chi connectivity index (χ4n) is 2.37. The average Bonchev–Trinajstić information content (AvgIpc) is 2.30. The van der Waals surface area contributed by atoms with Crippen LogP contribution in [0.5, 0.6) is 0 Å². The van der Waals surface area contributed by atoms with Crippen LogP contribution in [0.4, 0.5) is 0 Å². The minimum atomic E-state index is -0.0704. The monoisotopic (exact) mass is 220 g/mol. The Morgan fingerprint density at radius 1 is 1.44 bits per heavy atom. The first-order chi connectivity index (χ1) is 7.84. The molecule has 2 unspecified atom stereocenters. The van der Waals surface area contributed by atoms with E-state index in [2.05, 4.69) is 16.4 Å². The number of hydrogen-bond donors (Lipinski definition) is 2. The highest BCUT2D eigenvalue weighted by Crippen LogP contribution is 2.23. The summed E-state index contributed by atoms with van der Waals surface area (Å²) < 4.78 is 0. The summed E-state index contributed by atoms with van der Waals surface area (Å²) >= 11 is 0. The molecule has 1 aromatic rings. The topological polar surface area (TPSA) is 45.1 Å². The second-order valence-electron chi connectivity index (χ2n) is 4.68. The van der Waals surface area contributed by atoms with Crippen molar-refractivity contribution in [2.75, 3.05) is 6.54 Å². The van der Waals surface area contributed by atoms with E-state index in [0.29, 0.717) is 5.92 Å². The zero-order chi connectivity index (χ0) is 11.2. The summed E-state index contributed by atoms with van der Waals surface area (Å²) in [6, 6.07) is 4.04. The Bertz CT molecular complexity index is 302. The fraction of sp³-hybridized carbons (Fsp3) is 0.615. The number of aromatic nitrogens is 1. The van der Waals surface area contributed by atoms with Gasteiger partial charge in [0, 0.05) is 18.9 Å². The number of hydrogen-bond acceptors (Lipinski definition) is 3. The number of pyridine rings is 1. The molecule has 0 aromatic carbocycles. The maximum Gasteiger partial charge on any atom is 0.0543 e. The third-order valence-corrected chi connectivity index (χ3v) is 3.24. The lowest BCUT2D eigenvalue weighted by molar-refractivity contribution is 0.101. The molecule has 1 aliphatic carbocycles. The van der Waals surface area contributed by atoms with E-state index in [9.17, 15) is 5.11 Å². The van der Waals surface area contributed by atoms with Crippen molar-refractivity contribution in [3.8, 4) is 0 Å². The smallest absolute Gasteiger partial charge is 0.0543 e. The molecule has 0 bridgehead atoms. The van der Waals surface area contributed by atoms with E-state index in [0.717, 1.165) is 25.9 Å². The third-order valence-electron chi connectivity index (χ3n) is 3.24. The largest absolute Gasteiger partial charge is 0.393 e. The Balaban J connectivity index is 1.68. The minimum absolute atomic E-state index is 0.0704. The molecule has 1 aromatic heterocycles. The van der Waals surface area contributed by atoms with Gasteiger partial charge in [-0.2, -0.15) is 0 Å². The van der Waals surface area contributed by atoms with Crippen molar-refractivity contribution in [1.29, 1.82) is 0 Å². The summed E-state index contributed by atoms with van der Waals surface area (Å²) in [5.41, 5.74) is 1.22. The first-order valence-electron chi connectivity index (χ1n) is 6.12. The van der Waals surface area contributed by atoms with Gasteiger partial charge in [-0.25, -0.2) is 0 Å². The molecule has 3 heteroatoms. The van der Waals surface area contributed by atoms with Gasteiger partial charge in [0.1, 0.15) is 0 Å². The molecule has 0 amide bonds. The molecule has 1 aliphatic rings. The maximum atomic E-state index is 9.56. The van der Waals surface area contributed by atoms with E-state index < -0.39 is 0 Å². The molecule has 0 aliphatic heterocycles. The van der Waals surface area contributed by atoms with E-state index in [4.69, 9.17) is 0 Å². The molecule has 0 radical (unpaired) electrons. The number of aliphatic hydroxyl groups is 1. The molecule has 0 saturated heterocycles. The van der Waals surface area contributed by atoms with Gasteiger partial charge in [0.15, 0.2) is 0 Å². The van der Waals surface area contributed by atoms with Crippen molar-refractivity contribution in [3.05, 3.63) is 30.1 Å². The highest BCUT2D eigenvalue weighted by molar-refractivity contribution is 5.07. The molecule has 1 saturated carbocycles. The van der Waals surface area contributed by atoms with E-state index in [1.165, 1.54) is 18.4 Å². The molecule has 1 heterocycles. The van der Waals surface area contributed by atoms with Crippen LogP contribution in [0.1, 0.15) is 31.2 Å². The summed E-state index contributed by atoms with van der Waals surface area (Å²) in [5.74, 6) is 0.639. The Labute approximate surface area is 96.9 Å². The molecule has 16 heavy (non-hydrogen) atoms. The number of aliphatic hydroxyl groups excluding tert-OH is 1. The van der Waals surface area contributed by atoms with Crippen LogP contribution in [0.3, 0.4) is 0 Å². The molecular weight excluding hydrogens is 200 g/mol. The van der Waals surface area contributed by atoms with Crippen LogP contribution in [-0.4, -0.2) is 22.7 Å². The van der Waals surface area contributed by atoms with Crippen LogP contribution in [0.15, 0.2) is 24.5 Å². The van der Waals surface area contributed by atoms with E-state index in [-0.39, 0.29) is 6.10 Å². The number of nitrogens with zero attached hydrogens (tertiary/aromatic N) is 1. The quantitative estimate of drug-likeness (QED) is 0.812. The predicted molar refractivity (Wildman–Crippen MR) is 63.9 cm³/mol. The lowest BCUT2D eigenvalue weighted by atomic mass is 9.87. The van der Waals surface area contributed by atoms with Gasteiger partial charge in [0.05, 0.1) is 6.10 Å². The molecule has 0 spiro atoms. The van der Waals surface area contributed by atoms with Gasteiger partial charge in [-0.05, 0) is 43.4 Å². The fourth-order valence-corrected chi connectivity index (χ4v) is 2.37. The number of nitrogens with one attached hydrogen (secondary N) is 1. The third kappa shape index (κ3) is 3.58.